The SMILES string of the molecule is CC1(C)c2ccccc2-c2ccc3c(-c4ccccc4-c4cccc(-c5nc(-c6ccccc6)nc(-c6ccccc6)n5)c4)cccc3c21. The number of rotatable bonds is 5. The van der Waals surface area contributed by atoms with Gasteiger partial charge in [0.25, 0.3) is 0 Å². The van der Waals surface area contributed by atoms with Gasteiger partial charge in [-0.3, -0.25) is 0 Å². The van der Waals surface area contributed by atoms with Gasteiger partial charge in [-0.15, -0.1) is 0 Å². The van der Waals surface area contributed by atoms with Gasteiger partial charge in [-0.2, -0.15) is 0 Å². The average Bonchev–Trinajstić information content (AvgIpc) is 3.41. The number of benzene rings is 7. The maximum absolute atomic E-state index is 5.00. The van der Waals surface area contributed by atoms with Gasteiger partial charge in [0, 0.05) is 22.1 Å². The molecule has 0 fully saturated rings. The Morgan fingerprint density at radius 3 is 1.55 bits per heavy atom. The molecule has 7 aromatic carbocycles. The third-order valence-corrected chi connectivity index (χ3v) is 9.93. The standard InChI is InChI=1S/C46H33N3/c1-46(2)41-26-12-11-23-38(41)40-28-27-37-36(24-14-25-39(37)42(40)46)35-22-10-9-21-34(35)32-19-13-20-33(29-32)45-48-43(30-15-5-3-6-16-30)47-44(49-45)31-17-7-4-8-18-31/h3-29H,1-2H3. The van der Waals surface area contributed by atoms with Crippen molar-refractivity contribution in [1.82, 2.24) is 15.0 Å². The summed E-state index contributed by atoms with van der Waals surface area (Å²) in [5.74, 6) is 1.96. The molecular weight excluding hydrogens is 595 g/mol. The molecule has 0 saturated heterocycles. The minimum atomic E-state index is -0.0837. The Hall–Kier alpha value is -6.19. The molecule has 0 spiro atoms. The van der Waals surface area contributed by atoms with Gasteiger partial charge in [-0.25, -0.2) is 15.0 Å². The zero-order valence-corrected chi connectivity index (χ0v) is 27.4. The van der Waals surface area contributed by atoms with Gasteiger partial charge in [-0.1, -0.05) is 172 Å². The van der Waals surface area contributed by atoms with Crippen molar-refractivity contribution in [3.63, 3.8) is 0 Å². The summed E-state index contributed by atoms with van der Waals surface area (Å²) in [5.41, 5.74) is 13.0. The van der Waals surface area contributed by atoms with Crippen LogP contribution in [0.3, 0.4) is 0 Å². The van der Waals surface area contributed by atoms with Crippen LogP contribution in [-0.4, -0.2) is 15.0 Å². The molecule has 0 N–H and O–H groups in total. The molecular formula is C46H33N3. The highest BCUT2D eigenvalue weighted by atomic mass is 15.0. The van der Waals surface area contributed by atoms with Gasteiger partial charge < -0.3 is 0 Å². The van der Waals surface area contributed by atoms with Gasteiger partial charge >= 0.3 is 0 Å². The van der Waals surface area contributed by atoms with Crippen LogP contribution in [0.4, 0.5) is 0 Å². The highest BCUT2D eigenvalue weighted by Crippen LogP contribution is 2.52. The summed E-state index contributed by atoms with van der Waals surface area (Å²) in [6, 6.07) is 57.8. The molecule has 9 rings (SSSR count). The average molecular weight is 628 g/mol. The van der Waals surface area contributed by atoms with Crippen molar-refractivity contribution in [3.05, 3.63) is 175 Å². The lowest BCUT2D eigenvalue weighted by Gasteiger charge is -2.24. The summed E-state index contributed by atoms with van der Waals surface area (Å²) in [6.45, 7) is 4.72. The lowest BCUT2D eigenvalue weighted by atomic mass is 9.79. The first-order chi connectivity index (χ1) is 24.1. The molecule has 1 heterocycles. The highest BCUT2D eigenvalue weighted by Gasteiger charge is 2.36. The number of fused-ring (bicyclic) bond motifs is 5. The number of hydrogen-bond donors (Lipinski definition) is 0. The van der Waals surface area contributed by atoms with Crippen molar-refractivity contribution in [2.24, 2.45) is 0 Å². The van der Waals surface area contributed by atoms with E-state index in [1.54, 1.807) is 0 Å². The molecule has 0 unspecified atom stereocenters. The van der Waals surface area contributed by atoms with Crippen molar-refractivity contribution < 1.29 is 0 Å². The van der Waals surface area contributed by atoms with Crippen molar-refractivity contribution in [2.45, 2.75) is 19.3 Å². The van der Waals surface area contributed by atoms with E-state index in [1.165, 1.54) is 49.7 Å². The Morgan fingerprint density at radius 1 is 0.347 bits per heavy atom. The summed E-state index contributed by atoms with van der Waals surface area (Å²) < 4.78 is 0. The fourth-order valence-electron chi connectivity index (χ4n) is 7.62. The van der Waals surface area contributed by atoms with Crippen molar-refractivity contribution in [3.8, 4) is 67.5 Å². The molecule has 3 nitrogen and oxygen atoms in total. The Labute approximate surface area is 286 Å². The van der Waals surface area contributed by atoms with E-state index in [-0.39, 0.29) is 5.41 Å². The minimum absolute atomic E-state index is 0.0837. The summed E-state index contributed by atoms with van der Waals surface area (Å²) in [4.78, 5) is 14.9. The molecule has 0 bridgehead atoms. The van der Waals surface area contributed by atoms with Crippen LogP contribution in [0.15, 0.2) is 164 Å². The van der Waals surface area contributed by atoms with Crippen LogP contribution < -0.4 is 0 Å². The normalized spacial score (nSPS) is 12.9. The fraction of sp³-hybridized carbons (Fsp3) is 0.0652. The smallest absolute Gasteiger partial charge is 0.164 e. The molecule has 1 aliphatic rings. The maximum atomic E-state index is 5.00. The molecule has 0 saturated carbocycles. The summed E-state index contributed by atoms with van der Waals surface area (Å²) >= 11 is 0. The van der Waals surface area contributed by atoms with Gasteiger partial charge in [0.15, 0.2) is 17.5 Å². The van der Waals surface area contributed by atoms with Crippen LogP contribution in [0.1, 0.15) is 25.0 Å². The predicted octanol–water partition coefficient (Wildman–Crippen LogP) is 11.7. The third-order valence-electron chi connectivity index (χ3n) is 9.93. The van der Waals surface area contributed by atoms with Crippen molar-refractivity contribution in [1.29, 1.82) is 0 Å². The Kier molecular flexibility index (Phi) is 6.80. The van der Waals surface area contributed by atoms with Crippen LogP contribution in [0.5, 0.6) is 0 Å². The van der Waals surface area contributed by atoms with Gasteiger partial charge in [0.1, 0.15) is 0 Å². The van der Waals surface area contributed by atoms with Crippen LogP contribution in [0.2, 0.25) is 0 Å². The van der Waals surface area contributed by atoms with E-state index in [1.807, 2.05) is 60.7 Å². The van der Waals surface area contributed by atoms with E-state index in [4.69, 9.17) is 15.0 Å². The minimum Gasteiger partial charge on any atom is -0.208 e. The van der Waals surface area contributed by atoms with Gasteiger partial charge in [0.2, 0.25) is 0 Å². The van der Waals surface area contributed by atoms with Gasteiger partial charge in [0.05, 0.1) is 0 Å². The topological polar surface area (TPSA) is 38.7 Å². The first-order valence-electron chi connectivity index (χ1n) is 16.8. The summed E-state index contributed by atoms with van der Waals surface area (Å²) in [5, 5.41) is 2.58. The molecule has 8 aromatic rings. The molecule has 1 aliphatic carbocycles. The maximum Gasteiger partial charge on any atom is 0.164 e. The van der Waals surface area contributed by atoms with E-state index >= 15 is 0 Å². The van der Waals surface area contributed by atoms with Crippen LogP contribution in [-0.2, 0) is 5.41 Å². The lowest BCUT2D eigenvalue weighted by molar-refractivity contribution is 0.666. The molecule has 0 atom stereocenters. The fourth-order valence-corrected chi connectivity index (χ4v) is 7.62. The summed E-state index contributed by atoms with van der Waals surface area (Å²) in [7, 11) is 0. The Balaban J connectivity index is 1.18. The highest BCUT2D eigenvalue weighted by molar-refractivity contribution is 6.06. The molecule has 232 valence electrons. The monoisotopic (exact) mass is 627 g/mol. The molecule has 0 aliphatic heterocycles. The van der Waals surface area contributed by atoms with Crippen LogP contribution in [0.25, 0.3) is 78.3 Å². The summed E-state index contributed by atoms with van der Waals surface area (Å²) in [6.07, 6.45) is 0. The largest absolute Gasteiger partial charge is 0.208 e. The van der Waals surface area contributed by atoms with E-state index in [2.05, 4.69) is 117 Å². The van der Waals surface area contributed by atoms with Crippen molar-refractivity contribution >= 4 is 10.8 Å². The number of aromatic nitrogens is 3. The van der Waals surface area contributed by atoms with Crippen LogP contribution in [0, 0.1) is 0 Å². The second-order valence-corrected chi connectivity index (χ2v) is 13.2. The second-order valence-electron chi connectivity index (χ2n) is 13.2. The first kappa shape index (κ1) is 29.0. The first-order valence-corrected chi connectivity index (χ1v) is 16.8. The van der Waals surface area contributed by atoms with E-state index in [9.17, 15) is 0 Å². The molecule has 3 heteroatoms. The number of nitrogens with zero attached hydrogens (tertiary/aromatic N) is 3. The molecule has 0 amide bonds. The number of hydrogen-bond acceptors (Lipinski definition) is 3. The van der Waals surface area contributed by atoms with E-state index in [0.29, 0.717) is 17.5 Å². The zero-order chi connectivity index (χ0) is 33.0. The van der Waals surface area contributed by atoms with E-state index in [0.717, 1.165) is 22.3 Å². The lowest BCUT2D eigenvalue weighted by Crippen LogP contribution is -2.15. The second kappa shape index (κ2) is 11.5. The Morgan fingerprint density at radius 2 is 0.857 bits per heavy atom. The van der Waals surface area contributed by atoms with E-state index < -0.39 is 0 Å². The predicted molar refractivity (Wildman–Crippen MR) is 202 cm³/mol. The van der Waals surface area contributed by atoms with Gasteiger partial charge in [-0.05, 0) is 61.3 Å². The van der Waals surface area contributed by atoms with Crippen molar-refractivity contribution in [2.75, 3.05) is 0 Å². The molecule has 0 radical (unpaired) electrons. The third kappa shape index (κ3) is 4.86. The molecule has 1 aromatic heterocycles. The van der Waals surface area contributed by atoms with Crippen LogP contribution >= 0.6 is 0 Å². The zero-order valence-electron chi connectivity index (χ0n) is 27.4. The Bertz CT molecular complexity index is 2460. The quantitative estimate of drug-likeness (QED) is 0.191. The molecule has 49 heavy (non-hydrogen) atoms.